The number of nitrogens with one attached hydrogen (secondary N) is 1. The van der Waals surface area contributed by atoms with Crippen LogP contribution < -0.4 is 5.32 Å². The minimum atomic E-state index is -0.145. The van der Waals surface area contributed by atoms with Crippen LogP contribution in [0.5, 0.6) is 0 Å². The largest absolute Gasteiger partial charge is 0.376 e. The number of amides is 3. The summed E-state index contributed by atoms with van der Waals surface area (Å²) in [6.45, 7) is 3.19. The van der Waals surface area contributed by atoms with Crippen molar-refractivity contribution in [2.45, 2.75) is 25.0 Å². The van der Waals surface area contributed by atoms with Gasteiger partial charge in [-0.15, -0.1) is 10.2 Å². The molecule has 1 N–H and O–H groups in total. The SMILES string of the molecule is CN(C)C(=O)N1CCN(C)[C@H](c2nnc3ccc(C(=O)NC[C@@H]4CCCO4)cn23)C1. The number of urea groups is 1. The van der Waals surface area contributed by atoms with Crippen molar-refractivity contribution in [3.05, 3.63) is 29.7 Å². The predicted octanol–water partition coefficient (Wildman–Crippen LogP) is 0.608. The first kappa shape index (κ1) is 20.5. The van der Waals surface area contributed by atoms with Gasteiger partial charge in [-0.1, -0.05) is 0 Å². The number of aromatic nitrogens is 3. The summed E-state index contributed by atoms with van der Waals surface area (Å²) in [6, 6.07) is 3.42. The standard InChI is InChI=1S/C20H29N7O3/c1-24(2)20(29)26-9-8-25(3)16(13-26)18-23-22-17-7-6-14(12-27(17)18)19(28)21-11-15-5-4-10-30-15/h6-7,12,15-16H,4-5,8-11,13H2,1-3H3,(H,21,28)/t15-,16-/m0/s1. The number of rotatable bonds is 4. The summed E-state index contributed by atoms with van der Waals surface area (Å²) in [5.41, 5.74) is 1.21. The summed E-state index contributed by atoms with van der Waals surface area (Å²) in [4.78, 5) is 30.7. The number of hydrogen-bond acceptors (Lipinski definition) is 6. The van der Waals surface area contributed by atoms with Crippen LogP contribution in [0.25, 0.3) is 5.65 Å². The first-order valence-electron chi connectivity index (χ1n) is 10.3. The molecule has 2 atom stereocenters. The molecular formula is C20H29N7O3. The van der Waals surface area contributed by atoms with Crippen molar-refractivity contribution in [1.29, 1.82) is 0 Å². The number of pyridine rings is 1. The molecular weight excluding hydrogens is 386 g/mol. The minimum absolute atomic E-state index is 0.0175. The van der Waals surface area contributed by atoms with Gasteiger partial charge in [0.1, 0.15) is 0 Å². The van der Waals surface area contributed by atoms with Crippen molar-refractivity contribution in [3.63, 3.8) is 0 Å². The van der Waals surface area contributed by atoms with Crippen LogP contribution in [-0.2, 0) is 4.74 Å². The summed E-state index contributed by atoms with van der Waals surface area (Å²) in [5.74, 6) is 0.575. The number of carbonyl (C=O) groups excluding carboxylic acids is 2. The van der Waals surface area contributed by atoms with Gasteiger partial charge in [-0.05, 0) is 32.0 Å². The molecule has 2 fully saturated rings. The third-order valence-electron chi connectivity index (χ3n) is 5.80. The number of ether oxygens (including phenoxy) is 1. The lowest BCUT2D eigenvalue weighted by Crippen LogP contribution is -2.52. The fraction of sp³-hybridized carbons (Fsp3) is 0.600. The molecule has 2 aromatic heterocycles. The summed E-state index contributed by atoms with van der Waals surface area (Å²) in [7, 11) is 5.52. The Morgan fingerprint density at radius 1 is 1.27 bits per heavy atom. The molecule has 4 heterocycles. The second-order valence-electron chi connectivity index (χ2n) is 8.17. The average Bonchev–Trinajstić information content (AvgIpc) is 3.41. The smallest absolute Gasteiger partial charge is 0.319 e. The summed E-state index contributed by atoms with van der Waals surface area (Å²) >= 11 is 0. The highest BCUT2D eigenvalue weighted by atomic mass is 16.5. The molecule has 10 nitrogen and oxygen atoms in total. The van der Waals surface area contributed by atoms with E-state index in [1.807, 2.05) is 16.3 Å². The van der Waals surface area contributed by atoms with Crippen LogP contribution in [0.2, 0.25) is 0 Å². The lowest BCUT2D eigenvalue weighted by atomic mass is 10.1. The maximum absolute atomic E-state index is 12.6. The lowest BCUT2D eigenvalue weighted by molar-refractivity contribution is 0.0857. The summed E-state index contributed by atoms with van der Waals surface area (Å²) < 4.78 is 7.43. The Labute approximate surface area is 175 Å². The molecule has 0 saturated carbocycles. The molecule has 0 aromatic carbocycles. The fourth-order valence-corrected chi connectivity index (χ4v) is 3.99. The average molecular weight is 415 g/mol. The van der Waals surface area contributed by atoms with E-state index < -0.39 is 0 Å². The summed E-state index contributed by atoms with van der Waals surface area (Å²) in [5, 5.41) is 11.6. The number of likely N-dealkylation sites (N-methyl/N-ethyl adjacent to an activating group) is 1. The van der Waals surface area contributed by atoms with E-state index in [0.29, 0.717) is 30.8 Å². The van der Waals surface area contributed by atoms with Gasteiger partial charge < -0.3 is 19.9 Å². The number of nitrogens with zero attached hydrogens (tertiary/aromatic N) is 6. The maximum Gasteiger partial charge on any atom is 0.319 e. The van der Waals surface area contributed by atoms with Crippen LogP contribution in [0.1, 0.15) is 35.1 Å². The Kier molecular flexibility index (Phi) is 5.87. The van der Waals surface area contributed by atoms with Crippen LogP contribution in [0.4, 0.5) is 4.79 Å². The molecule has 0 radical (unpaired) electrons. The maximum atomic E-state index is 12.6. The van der Waals surface area contributed by atoms with E-state index in [1.54, 1.807) is 37.3 Å². The molecule has 162 valence electrons. The van der Waals surface area contributed by atoms with E-state index >= 15 is 0 Å². The first-order valence-corrected chi connectivity index (χ1v) is 10.3. The molecule has 4 rings (SSSR count). The van der Waals surface area contributed by atoms with Gasteiger partial charge in [0.2, 0.25) is 0 Å². The molecule has 3 amide bonds. The molecule has 0 bridgehead atoms. The third-order valence-corrected chi connectivity index (χ3v) is 5.80. The zero-order chi connectivity index (χ0) is 21.3. The van der Waals surface area contributed by atoms with Crippen molar-refractivity contribution in [2.24, 2.45) is 0 Å². The number of carbonyl (C=O) groups is 2. The third kappa shape index (κ3) is 4.10. The lowest BCUT2D eigenvalue weighted by Gasteiger charge is -2.39. The molecule has 0 spiro atoms. The van der Waals surface area contributed by atoms with Crippen molar-refractivity contribution >= 4 is 17.6 Å². The van der Waals surface area contributed by atoms with Gasteiger partial charge in [0.15, 0.2) is 11.5 Å². The van der Waals surface area contributed by atoms with Crippen LogP contribution in [0.15, 0.2) is 18.3 Å². The Morgan fingerprint density at radius 3 is 2.83 bits per heavy atom. The number of hydrogen-bond donors (Lipinski definition) is 1. The van der Waals surface area contributed by atoms with Crippen LogP contribution in [0.3, 0.4) is 0 Å². The van der Waals surface area contributed by atoms with Gasteiger partial charge in [0.05, 0.1) is 17.7 Å². The number of piperazine rings is 1. The van der Waals surface area contributed by atoms with Gasteiger partial charge in [-0.25, -0.2) is 4.79 Å². The van der Waals surface area contributed by atoms with E-state index in [-0.39, 0.29) is 24.1 Å². The molecule has 10 heteroatoms. The zero-order valence-corrected chi connectivity index (χ0v) is 17.7. The second kappa shape index (κ2) is 8.57. The molecule has 30 heavy (non-hydrogen) atoms. The molecule has 0 unspecified atom stereocenters. The number of fused-ring (bicyclic) bond motifs is 1. The Hall–Kier alpha value is -2.72. The van der Waals surface area contributed by atoms with E-state index in [2.05, 4.69) is 20.4 Å². The van der Waals surface area contributed by atoms with E-state index in [0.717, 1.165) is 31.8 Å². The normalized spacial score (nSPS) is 22.4. The van der Waals surface area contributed by atoms with Gasteiger partial charge in [0.25, 0.3) is 5.91 Å². The topological polar surface area (TPSA) is 95.3 Å². The second-order valence-corrected chi connectivity index (χ2v) is 8.17. The quantitative estimate of drug-likeness (QED) is 0.786. The van der Waals surface area contributed by atoms with Crippen LogP contribution in [-0.4, -0.2) is 101 Å². The highest BCUT2D eigenvalue weighted by Crippen LogP contribution is 2.24. The van der Waals surface area contributed by atoms with Crippen LogP contribution >= 0.6 is 0 Å². The first-order chi connectivity index (χ1) is 14.4. The monoisotopic (exact) mass is 415 g/mol. The minimum Gasteiger partial charge on any atom is -0.376 e. The van der Waals surface area contributed by atoms with Gasteiger partial charge in [0, 0.05) is 53.1 Å². The van der Waals surface area contributed by atoms with E-state index in [9.17, 15) is 9.59 Å². The molecule has 2 saturated heterocycles. The van der Waals surface area contributed by atoms with Crippen LogP contribution in [0, 0.1) is 0 Å². The fourth-order valence-electron chi connectivity index (χ4n) is 3.99. The van der Waals surface area contributed by atoms with Crippen molar-refractivity contribution < 1.29 is 14.3 Å². The molecule has 2 aliphatic heterocycles. The zero-order valence-electron chi connectivity index (χ0n) is 17.7. The van der Waals surface area contributed by atoms with Crippen molar-refractivity contribution in [3.8, 4) is 0 Å². The molecule has 2 aromatic rings. The Bertz CT molecular complexity index is 922. The van der Waals surface area contributed by atoms with Crippen molar-refractivity contribution in [1.82, 2.24) is 34.6 Å². The molecule has 0 aliphatic carbocycles. The van der Waals surface area contributed by atoms with E-state index in [1.165, 1.54) is 0 Å². The molecule has 2 aliphatic rings. The Balaban J connectivity index is 1.54. The van der Waals surface area contributed by atoms with Gasteiger partial charge >= 0.3 is 6.03 Å². The van der Waals surface area contributed by atoms with E-state index in [4.69, 9.17) is 4.74 Å². The van der Waals surface area contributed by atoms with Crippen molar-refractivity contribution in [2.75, 3.05) is 53.9 Å². The highest BCUT2D eigenvalue weighted by molar-refractivity contribution is 5.94. The van der Waals surface area contributed by atoms with Gasteiger partial charge in [-0.2, -0.15) is 0 Å². The Morgan fingerprint density at radius 2 is 2.10 bits per heavy atom. The summed E-state index contributed by atoms with van der Waals surface area (Å²) in [6.07, 6.45) is 3.89. The van der Waals surface area contributed by atoms with Gasteiger partial charge in [-0.3, -0.25) is 14.1 Å². The highest BCUT2D eigenvalue weighted by Gasteiger charge is 2.32. The predicted molar refractivity (Wildman–Crippen MR) is 110 cm³/mol.